The van der Waals surface area contributed by atoms with Crippen molar-refractivity contribution in [3.63, 3.8) is 0 Å². The number of amides is 2. The highest BCUT2D eigenvalue weighted by atomic mass is 19.4. The Bertz CT molecular complexity index is 820. The molecule has 0 heterocycles. The molecule has 0 saturated heterocycles. The molecule has 0 aliphatic heterocycles. The molecule has 0 bridgehead atoms. The van der Waals surface area contributed by atoms with Crippen LogP contribution in [0, 0.1) is 10.1 Å². The predicted octanol–water partition coefficient (Wildman–Crippen LogP) is 2.57. The lowest BCUT2D eigenvalue weighted by Gasteiger charge is -2.10. The summed E-state index contributed by atoms with van der Waals surface area (Å²) in [4.78, 5) is 33.6. The number of rotatable bonds is 4. The number of carbonyl (C=O) groups excluding carboxylic acids is 2. The number of nitro benzene ring substituents is 1. The van der Waals surface area contributed by atoms with E-state index in [1.807, 2.05) is 0 Å². The molecule has 0 aliphatic carbocycles. The first-order valence-electron chi connectivity index (χ1n) is 6.86. The van der Waals surface area contributed by atoms with Gasteiger partial charge in [0.2, 0.25) is 0 Å². The highest BCUT2D eigenvalue weighted by Crippen LogP contribution is 2.22. The van der Waals surface area contributed by atoms with Crippen LogP contribution >= 0.6 is 0 Å². The Morgan fingerprint density at radius 1 is 0.885 bits per heavy atom. The lowest BCUT2D eigenvalue weighted by Crippen LogP contribution is -2.41. The van der Waals surface area contributed by atoms with Gasteiger partial charge in [0, 0.05) is 23.3 Å². The number of carbonyl (C=O) groups is 2. The molecule has 8 nitrogen and oxygen atoms in total. The lowest BCUT2D eigenvalue weighted by molar-refractivity contribution is -0.384. The minimum Gasteiger partial charge on any atom is -0.406 e. The van der Waals surface area contributed by atoms with Crippen molar-refractivity contribution in [1.82, 2.24) is 10.9 Å². The second-order valence-corrected chi connectivity index (χ2v) is 4.78. The fourth-order valence-electron chi connectivity index (χ4n) is 1.80. The van der Waals surface area contributed by atoms with Gasteiger partial charge in [-0.1, -0.05) is 0 Å². The summed E-state index contributed by atoms with van der Waals surface area (Å²) in [6, 6.07) is 8.68. The van der Waals surface area contributed by atoms with Crippen molar-refractivity contribution in [1.29, 1.82) is 0 Å². The highest BCUT2D eigenvalue weighted by molar-refractivity contribution is 5.99. The summed E-state index contributed by atoms with van der Waals surface area (Å²) in [6.07, 6.45) is -4.84. The summed E-state index contributed by atoms with van der Waals surface area (Å²) in [5, 5.41) is 10.5. The number of halogens is 3. The Kier molecular flexibility index (Phi) is 5.40. The van der Waals surface area contributed by atoms with Crippen LogP contribution in [0.1, 0.15) is 20.7 Å². The molecule has 11 heteroatoms. The van der Waals surface area contributed by atoms with Crippen LogP contribution in [0.4, 0.5) is 18.9 Å². The van der Waals surface area contributed by atoms with Gasteiger partial charge in [-0.3, -0.25) is 30.6 Å². The van der Waals surface area contributed by atoms with E-state index in [-0.39, 0.29) is 16.8 Å². The number of nitrogens with zero attached hydrogens (tertiary/aromatic N) is 1. The summed E-state index contributed by atoms with van der Waals surface area (Å²) in [7, 11) is 0. The number of non-ortho nitro benzene ring substituents is 1. The largest absolute Gasteiger partial charge is 0.573 e. The molecular formula is C15H10F3N3O5. The third-order valence-electron chi connectivity index (χ3n) is 2.98. The Morgan fingerprint density at radius 2 is 1.31 bits per heavy atom. The molecular weight excluding hydrogens is 359 g/mol. The fourth-order valence-corrected chi connectivity index (χ4v) is 1.80. The van der Waals surface area contributed by atoms with E-state index in [0.29, 0.717) is 0 Å². The zero-order chi connectivity index (χ0) is 19.3. The van der Waals surface area contributed by atoms with Crippen LogP contribution in [0.5, 0.6) is 5.75 Å². The smallest absolute Gasteiger partial charge is 0.406 e. The van der Waals surface area contributed by atoms with Crippen molar-refractivity contribution in [2.75, 3.05) is 0 Å². The Labute approximate surface area is 143 Å². The average molecular weight is 369 g/mol. The Hall–Kier alpha value is -3.63. The van der Waals surface area contributed by atoms with Gasteiger partial charge in [-0.05, 0) is 36.4 Å². The normalized spacial score (nSPS) is 10.7. The lowest BCUT2D eigenvalue weighted by atomic mass is 10.2. The van der Waals surface area contributed by atoms with Crippen LogP contribution in [0.2, 0.25) is 0 Å². The molecule has 2 N–H and O–H groups in total. The van der Waals surface area contributed by atoms with Gasteiger partial charge in [-0.15, -0.1) is 13.2 Å². The van der Waals surface area contributed by atoms with E-state index in [1.165, 1.54) is 12.1 Å². The maximum absolute atomic E-state index is 12.1. The van der Waals surface area contributed by atoms with Crippen LogP contribution in [-0.2, 0) is 0 Å². The minimum absolute atomic E-state index is 0.0245. The summed E-state index contributed by atoms with van der Waals surface area (Å²) in [5.74, 6) is -2.01. The molecule has 136 valence electrons. The van der Waals surface area contributed by atoms with Crippen molar-refractivity contribution in [3.8, 4) is 5.75 Å². The van der Waals surface area contributed by atoms with Crippen LogP contribution in [0.3, 0.4) is 0 Å². The molecule has 0 atom stereocenters. The van der Waals surface area contributed by atoms with Crippen LogP contribution in [0.25, 0.3) is 0 Å². The molecule has 0 aromatic heterocycles. The number of alkyl halides is 3. The zero-order valence-electron chi connectivity index (χ0n) is 12.7. The maximum Gasteiger partial charge on any atom is 0.573 e. The number of hydrogen-bond donors (Lipinski definition) is 2. The van der Waals surface area contributed by atoms with E-state index in [4.69, 9.17) is 0 Å². The van der Waals surface area contributed by atoms with E-state index in [9.17, 15) is 32.9 Å². The average Bonchev–Trinajstić information content (AvgIpc) is 2.58. The highest BCUT2D eigenvalue weighted by Gasteiger charge is 2.31. The third-order valence-corrected chi connectivity index (χ3v) is 2.98. The standard InChI is InChI=1S/C15H10F3N3O5/c16-15(17,18)26-12-7-3-10(4-8-12)14(23)20-19-13(22)9-1-5-11(6-2-9)21(24)25/h1-8H,(H,19,22)(H,20,23). The molecule has 0 fully saturated rings. The third kappa shape index (κ3) is 5.19. The van der Waals surface area contributed by atoms with Crippen molar-refractivity contribution < 1.29 is 32.4 Å². The SMILES string of the molecule is O=C(NNC(=O)c1ccc([N+](=O)[O-])cc1)c1ccc(OC(F)(F)F)cc1. The second-order valence-electron chi connectivity index (χ2n) is 4.78. The number of benzene rings is 2. The quantitative estimate of drug-likeness (QED) is 0.636. The van der Waals surface area contributed by atoms with Gasteiger partial charge in [0.15, 0.2) is 0 Å². The molecule has 0 unspecified atom stereocenters. The number of hydrazine groups is 1. The molecule has 0 spiro atoms. The Morgan fingerprint density at radius 3 is 1.69 bits per heavy atom. The van der Waals surface area contributed by atoms with E-state index in [0.717, 1.165) is 36.4 Å². The zero-order valence-corrected chi connectivity index (χ0v) is 12.7. The molecule has 2 rings (SSSR count). The Balaban J connectivity index is 1.93. The molecule has 0 radical (unpaired) electrons. The minimum atomic E-state index is -4.84. The fraction of sp³-hybridized carbons (Fsp3) is 0.0667. The van der Waals surface area contributed by atoms with Crippen LogP contribution in [0.15, 0.2) is 48.5 Å². The van der Waals surface area contributed by atoms with E-state index < -0.39 is 28.8 Å². The monoisotopic (exact) mass is 369 g/mol. The van der Waals surface area contributed by atoms with Gasteiger partial charge in [-0.25, -0.2) is 0 Å². The first kappa shape index (κ1) is 18.7. The first-order valence-corrected chi connectivity index (χ1v) is 6.86. The van der Waals surface area contributed by atoms with Crippen LogP contribution in [-0.4, -0.2) is 23.1 Å². The molecule has 0 aliphatic rings. The number of nitro groups is 1. The van der Waals surface area contributed by atoms with Gasteiger partial charge in [0.25, 0.3) is 17.5 Å². The van der Waals surface area contributed by atoms with E-state index in [2.05, 4.69) is 15.6 Å². The van der Waals surface area contributed by atoms with Crippen molar-refractivity contribution >= 4 is 17.5 Å². The van der Waals surface area contributed by atoms with Gasteiger partial charge < -0.3 is 4.74 Å². The summed E-state index contributed by atoms with van der Waals surface area (Å²) in [5.41, 5.74) is 3.98. The molecule has 2 aromatic carbocycles. The number of ether oxygens (including phenoxy) is 1. The van der Waals surface area contributed by atoms with Crippen molar-refractivity contribution in [2.24, 2.45) is 0 Å². The summed E-state index contributed by atoms with van der Waals surface area (Å²) < 4.78 is 39.8. The maximum atomic E-state index is 12.1. The second kappa shape index (κ2) is 7.51. The van der Waals surface area contributed by atoms with Crippen molar-refractivity contribution in [2.45, 2.75) is 6.36 Å². The molecule has 26 heavy (non-hydrogen) atoms. The first-order chi connectivity index (χ1) is 12.2. The summed E-state index contributed by atoms with van der Waals surface area (Å²) >= 11 is 0. The van der Waals surface area contributed by atoms with Gasteiger partial charge in [-0.2, -0.15) is 0 Å². The number of hydrogen-bond acceptors (Lipinski definition) is 5. The van der Waals surface area contributed by atoms with Gasteiger partial charge in [0.05, 0.1) is 4.92 Å². The topological polar surface area (TPSA) is 111 Å². The molecule has 0 saturated carbocycles. The van der Waals surface area contributed by atoms with E-state index >= 15 is 0 Å². The predicted molar refractivity (Wildman–Crippen MR) is 81.2 cm³/mol. The molecule has 2 amide bonds. The molecule has 2 aromatic rings. The number of nitrogens with one attached hydrogen (secondary N) is 2. The van der Waals surface area contributed by atoms with E-state index in [1.54, 1.807) is 0 Å². The van der Waals surface area contributed by atoms with Crippen molar-refractivity contribution in [3.05, 3.63) is 69.8 Å². The van der Waals surface area contributed by atoms with Gasteiger partial charge in [0.1, 0.15) is 5.75 Å². The van der Waals surface area contributed by atoms with Gasteiger partial charge >= 0.3 is 6.36 Å². The van der Waals surface area contributed by atoms with Crippen LogP contribution < -0.4 is 15.6 Å². The summed E-state index contributed by atoms with van der Waals surface area (Å²) in [6.45, 7) is 0.